The van der Waals surface area contributed by atoms with Crippen molar-refractivity contribution >= 4 is 33.0 Å². The molecule has 0 saturated heterocycles. The highest BCUT2D eigenvalue weighted by atomic mass is 79.9. The van der Waals surface area contributed by atoms with Gasteiger partial charge < -0.3 is 5.32 Å². The van der Waals surface area contributed by atoms with Crippen molar-refractivity contribution < 1.29 is 0 Å². The van der Waals surface area contributed by atoms with E-state index in [1.54, 1.807) is 16.0 Å². The van der Waals surface area contributed by atoms with Crippen molar-refractivity contribution in [2.24, 2.45) is 7.05 Å². The first-order valence-electron chi connectivity index (χ1n) is 4.20. The summed E-state index contributed by atoms with van der Waals surface area (Å²) in [5.74, 6) is 0. The summed E-state index contributed by atoms with van der Waals surface area (Å²) in [5, 5.41) is 9.46. The predicted octanol–water partition coefficient (Wildman–Crippen LogP) is 2.86. The smallest absolute Gasteiger partial charge is 0.0748 e. The molecule has 3 nitrogen and oxygen atoms in total. The van der Waals surface area contributed by atoms with Crippen LogP contribution in [0, 0.1) is 0 Å². The Bertz CT molecular complexity index is 421. The lowest BCUT2D eigenvalue weighted by Crippen LogP contribution is -1.97. The maximum Gasteiger partial charge on any atom is 0.0748 e. The number of thiophene rings is 1. The van der Waals surface area contributed by atoms with E-state index in [0.717, 1.165) is 12.2 Å². The number of halogens is 1. The molecule has 0 aliphatic rings. The van der Waals surface area contributed by atoms with Crippen LogP contribution in [0.4, 0.5) is 5.69 Å². The van der Waals surface area contributed by atoms with Crippen molar-refractivity contribution in [2.75, 3.05) is 5.32 Å². The third-order valence-corrected chi connectivity index (χ3v) is 3.69. The van der Waals surface area contributed by atoms with Crippen LogP contribution in [-0.2, 0) is 13.6 Å². The molecule has 5 heteroatoms. The van der Waals surface area contributed by atoms with E-state index < -0.39 is 0 Å². The standard InChI is InChI=1S/C9H10BrN3S/c1-13-6-8(5-12-13)11-4-7-2-3-14-9(7)10/h2-3,5-6,11H,4H2,1H3. The van der Waals surface area contributed by atoms with Crippen LogP contribution < -0.4 is 5.32 Å². The van der Waals surface area contributed by atoms with Gasteiger partial charge in [0.05, 0.1) is 15.7 Å². The first kappa shape index (κ1) is 9.73. The van der Waals surface area contributed by atoms with Crippen molar-refractivity contribution in [3.63, 3.8) is 0 Å². The van der Waals surface area contributed by atoms with Crippen LogP contribution in [-0.4, -0.2) is 9.78 Å². The minimum Gasteiger partial charge on any atom is -0.378 e. The lowest BCUT2D eigenvalue weighted by atomic mass is 10.3. The van der Waals surface area contributed by atoms with Gasteiger partial charge in [-0.1, -0.05) is 0 Å². The summed E-state index contributed by atoms with van der Waals surface area (Å²) in [6.45, 7) is 0.829. The number of hydrogen-bond acceptors (Lipinski definition) is 3. The molecule has 2 aromatic heterocycles. The summed E-state index contributed by atoms with van der Waals surface area (Å²) in [7, 11) is 1.91. The van der Waals surface area contributed by atoms with Gasteiger partial charge in [-0.3, -0.25) is 4.68 Å². The van der Waals surface area contributed by atoms with Gasteiger partial charge in [0, 0.05) is 19.8 Å². The molecule has 74 valence electrons. The molecule has 0 amide bonds. The third kappa shape index (κ3) is 2.16. The zero-order valence-corrected chi connectivity index (χ0v) is 10.1. The average molecular weight is 272 g/mol. The Labute approximate surface area is 94.9 Å². The molecule has 14 heavy (non-hydrogen) atoms. The first-order valence-corrected chi connectivity index (χ1v) is 5.87. The normalized spacial score (nSPS) is 10.4. The van der Waals surface area contributed by atoms with Gasteiger partial charge in [-0.15, -0.1) is 11.3 Å². The molecule has 2 aromatic rings. The van der Waals surface area contributed by atoms with Crippen LogP contribution in [0.5, 0.6) is 0 Å². The molecule has 1 N–H and O–H groups in total. The van der Waals surface area contributed by atoms with Gasteiger partial charge >= 0.3 is 0 Å². The second-order valence-corrected chi connectivity index (χ2v) is 5.21. The summed E-state index contributed by atoms with van der Waals surface area (Å²) in [6, 6.07) is 2.11. The van der Waals surface area contributed by atoms with Gasteiger partial charge in [-0.25, -0.2) is 0 Å². The van der Waals surface area contributed by atoms with E-state index in [2.05, 4.69) is 37.8 Å². The van der Waals surface area contributed by atoms with Crippen LogP contribution >= 0.6 is 27.3 Å². The largest absolute Gasteiger partial charge is 0.378 e. The summed E-state index contributed by atoms with van der Waals surface area (Å²) >= 11 is 5.20. The lowest BCUT2D eigenvalue weighted by Gasteiger charge is -2.01. The molecule has 0 saturated carbocycles. The van der Waals surface area contributed by atoms with Gasteiger partial charge in [0.1, 0.15) is 0 Å². The van der Waals surface area contributed by atoms with E-state index in [4.69, 9.17) is 0 Å². The highest BCUT2D eigenvalue weighted by molar-refractivity contribution is 9.11. The topological polar surface area (TPSA) is 29.9 Å². The Morgan fingerprint density at radius 3 is 3.07 bits per heavy atom. The number of hydrogen-bond donors (Lipinski definition) is 1. The van der Waals surface area contributed by atoms with Crippen LogP contribution in [0.1, 0.15) is 5.56 Å². The second-order valence-electron chi connectivity index (χ2n) is 2.98. The van der Waals surface area contributed by atoms with Gasteiger partial charge in [-0.05, 0) is 32.9 Å². The molecule has 2 heterocycles. The summed E-state index contributed by atoms with van der Waals surface area (Å²) in [4.78, 5) is 0. The number of aryl methyl sites for hydroxylation is 1. The van der Waals surface area contributed by atoms with E-state index >= 15 is 0 Å². The van der Waals surface area contributed by atoms with E-state index in [1.165, 1.54) is 9.35 Å². The number of anilines is 1. The maximum atomic E-state index is 4.08. The van der Waals surface area contributed by atoms with Crippen molar-refractivity contribution in [3.8, 4) is 0 Å². The second kappa shape index (κ2) is 4.14. The number of nitrogens with one attached hydrogen (secondary N) is 1. The first-order chi connectivity index (χ1) is 6.75. The Hall–Kier alpha value is -0.810. The molecule has 0 aromatic carbocycles. The zero-order valence-electron chi connectivity index (χ0n) is 7.70. The van der Waals surface area contributed by atoms with Crippen LogP contribution in [0.25, 0.3) is 0 Å². The van der Waals surface area contributed by atoms with Gasteiger partial charge in [-0.2, -0.15) is 5.10 Å². The minimum absolute atomic E-state index is 0.829. The molecule has 0 aliphatic carbocycles. The molecule has 0 fully saturated rings. The minimum atomic E-state index is 0.829. The monoisotopic (exact) mass is 271 g/mol. The quantitative estimate of drug-likeness (QED) is 0.931. The fourth-order valence-electron chi connectivity index (χ4n) is 1.16. The van der Waals surface area contributed by atoms with Crippen LogP contribution in [0.15, 0.2) is 27.6 Å². The third-order valence-electron chi connectivity index (χ3n) is 1.88. The highest BCUT2D eigenvalue weighted by Gasteiger charge is 2.01. The SMILES string of the molecule is Cn1cc(NCc2ccsc2Br)cn1. The molecule has 0 spiro atoms. The van der Waals surface area contributed by atoms with E-state index in [1.807, 2.05) is 19.4 Å². The summed E-state index contributed by atoms with van der Waals surface area (Å²) < 4.78 is 2.97. The molecule has 2 rings (SSSR count). The van der Waals surface area contributed by atoms with E-state index in [-0.39, 0.29) is 0 Å². The Balaban J connectivity index is 1.98. The summed E-state index contributed by atoms with van der Waals surface area (Å²) in [5.41, 5.74) is 2.32. The number of rotatable bonds is 3. The van der Waals surface area contributed by atoms with Crippen molar-refractivity contribution in [1.29, 1.82) is 0 Å². The zero-order chi connectivity index (χ0) is 9.97. The fourth-order valence-corrected chi connectivity index (χ4v) is 2.39. The maximum absolute atomic E-state index is 4.08. The summed E-state index contributed by atoms with van der Waals surface area (Å²) in [6.07, 6.45) is 3.78. The fraction of sp³-hybridized carbons (Fsp3) is 0.222. The highest BCUT2D eigenvalue weighted by Crippen LogP contribution is 2.24. The molecule has 0 aliphatic heterocycles. The van der Waals surface area contributed by atoms with Gasteiger partial charge in [0.15, 0.2) is 0 Å². The predicted molar refractivity (Wildman–Crippen MR) is 62.6 cm³/mol. The van der Waals surface area contributed by atoms with Crippen molar-refractivity contribution in [2.45, 2.75) is 6.54 Å². The molecular formula is C9H10BrN3S. The molecule has 0 radical (unpaired) electrons. The van der Waals surface area contributed by atoms with Gasteiger partial charge in [0.25, 0.3) is 0 Å². The average Bonchev–Trinajstić information content (AvgIpc) is 2.72. The lowest BCUT2D eigenvalue weighted by molar-refractivity contribution is 0.768. The Morgan fingerprint density at radius 2 is 2.50 bits per heavy atom. The van der Waals surface area contributed by atoms with Crippen molar-refractivity contribution in [3.05, 3.63) is 33.2 Å². The Morgan fingerprint density at radius 1 is 1.64 bits per heavy atom. The molecule has 0 unspecified atom stereocenters. The van der Waals surface area contributed by atoms with Gasteiger partial charge in [0.2, 0.25) is 0 Å². The van der Waals surface area contributed by atoms with Crippen LogP contribution in [0.2, 0.25) is 0 Å². The van der Waals surface area contributed by atoms with E-state index in [0.29, 0.717) is 0 Å². The van der Waals surface area contributed by atoms with E-state index in [9.17, 15) is 0 Å². The number of nitrogens with zero attached hydrogens (tertiary/aromatic N) is 2. The van der Waals surface area contributed by atoms with Crippen molar-refractivity contribution in [1.82, 2.24) is 9.78 Å². The number of aromatic nitrogens is 2. The molecular weight excluding hydrogens is 262 g/mol. The van der Waals surface area contributed by atoms with Crippen LogP contribution in [0.3, 0.4) is 0 Å². The Kier molecular flexibility index (Phi) is 2.88. The molecule has 0 bridgehead atoms. The molecule has 0 atom stereocenters.